The molecule has 2 aromatic carbocycles. The fourth-order valence-corrected chi connectivity index (χ4v) is 5.05. The minimum atomic E-state index is -0.196. The molecule has 1 aliphatic rings. The fourth-order valence-electron chi connectivity index (χ4n) is 4.47. The number of aryl methyl sites for hydroxylation is 2. The topological polar surface area (TPSA) is 34.0 Å². The normalized spacial score (nSPS) is 18.2. The van der Waals surface area contributed by atoms with Gasteiger partial charge in [-0.25, -0.2) is 4.39 Å². The molecule has 0 spiro atoms. The summed E-state index contributed by atoms with van der Waals surface area (Å²) in [6, 6.07) is 19.2. The van der Waals surface area contributed by atoms with Gasteiger partial charge in [0.15, 0.2) is 0 Å². The van der Waals surface area contributed by atoms with Crippen molar-refractivity contribution in [2.24, 2.45) is 0 Å². The summed E-state index contributed by atoms with van der Waals surface area (Å²) >= 11 is 1.56. The van der Waals surface area contributed by atoms with Gasteiger partial charge in [0.05, 0.1) is 6.04 Å². The van der Waals surface area contributed by atoms with Gasteiger partial charge in [-0.05, 0) is 49.1 Å². The lowest BCUT2D eigenvalue weighted by molar-refractivity contribution is 0.317. The summed E-state index contributed by atoms with van der Waals surface area (Å²) in [6.07, 6.45) is 4.94. The maximum absolute atomic E-state index is 15.5. The highest BCUT2D eigenvalue weighted by atomic mass is 32.2. The molecule has 0 fully saturated rings. The molecule has 0 bridgehead atoms. The number of aromatic nitrogens is 1. The molecule has 1 N–H and O–H groups in total. The lowest BCUT2D eigenvalue weighted by Crippen LogP contribution is -2.45. The molecule has 2 atom stereocenters. The van der Waals surface area contributed by atoms with E-state index in [4.69, 9.17) is 0 Å². The van der Waals surface area contributed by atoms with Crippen molar-refractivity contribution in [1.29, 1.82) is 0 Å². The second-order valence-corrected chi connectivity index (χ2v) is 8.41. The SMILES string of the molecule is CCc1ccc2n(c1=O)C(Cc1cccc(-c3ccccc3)c1F)C(NSC)CC2. The predicted molar refractivity (Wildman–Crippen MR) is 123 cm³/mol. The highest BCUT2D eigenvalue weighted by Gasteiger charge is 2.31. The van der Waals surface area contributed by atoms with Crippen LogP contribution in [0.5, 0.6) is 0 Å². The van der Waals surface area contributed by atoms with Crippen LogP contribution in [-0.4, -0.2) is 16.9 Å². The van der Waals surface area contributed by atoms with Gasteiger partial charge in [0.25, 0.3) is 5.56 Å². The van der Waals surface area contributed by atoms with Gasteiger partial charge in [0, 0.05) is 22.9 Å². The quantitative estimate of drug-likeness (QED) is 0.556. The van der Waals surface area contributed by atoms with E-state index >= 15 is 4.39 Å². The van der Waals surface area contributed by atoms with Crippen LogP contribution in [0, 0.1) is 5.82 Å². The average Bonchev–Trinajstić information content (AvgIpc) is 2.77. The van der Waals surface area contributed by atoms with Crippen LogP contribution in [0.1, 0.15) is 36.2 Å². The van der Waals surface area contributed by atoms with E-state index < -0.39 is 0 Å². The Kier molecular flexibility index (Phi) is 6.40. The molecule has 0 radical (unpaired) electrons. The molecule has 3 aromatic rings. The number of hydrogen-bond acceptors (Lipinski definition) is 3. The minimum absolute atomic E-state index is 0.0622. The third kappa shape index (κ3) is 3.96. The Morgan fingerprint density at radius 1 is 1.07 bits per heavy atom. The van der Waals surface area contributed by atoms with Gasteiger partial charge in [-0.2, -0.15) is 0 Å². The smallest absolute Gasteiger partial charge is 0.254 e. The van der Waals surface area contributed by atoms with Crippen LogP contribution in [0.15, 0.2) is 65.5 Å². The molecule has 4 rings (SSSR count). The molecule has 2 unspecified atom stereocenters. The van der Waals surface area contributed by atoms with Crippen molar-refractivity contribution in [2.75, 3.05) is 6.26 Å². The number of benzene rings is 2. The summed E-state index contributed by atoms with van der Waals surface area (Å²) in [7, 11) is 0. The molecule has 5 heteroatoms. The molecule has 1 aromatic heterocycles. The number of rotatable bonds is 6. The first-order valence-corrected chi connectivity index (χ1v) is 11.7. The van der Waals surface area contributed by atoms with Gasteiger partial charge in [0.1, 0.15) is 5.82 Å². The van der Waals surface area contributed by atoms with Crippen LogP contribution < -0.4 is 10.3 Å². The van der Waals surface area contributed by atoms with Crippen LogP contribution in [0.4, 0.5) is 4.39 Å². The highest BCUT2D eigenvalue weighted by molar-refractivity contribution is 7.96. The number of hydrogen-bond donors (Lipinski definition) is 1. The third-order valence-corrected chi connectivity index (χ3v) is 6.57. The lowest BCUT2D eigenvalue weighted by Gasteiger charge is -2.36. The van der Waals surface area contributed by atoms with Crippen molar-refractivity contribution in [3.05, 3.63) is 93.7 Å². The summed E-state index contributed by atoms with van der Waals surface area (Å²) < 4.78 is 20.9. The Morgan fingerprint density at radius 3 is 2.60 bits per heavy atom. The van der Waals surface area contributed by atoms with Crippen LogP contribution in [-0.2, 0) is 19.3 Å². The second kappa shape index (κ2) is 9.19. The first-order chi connectivity index (χ1) is 14.6. The van der Waals surface area contributed by atoms with E-state index in [0.29, 0.717) is 24.0 Å². The van der Waals surface area contributed by atoms with Gasteiger partial charge < -0.3 is 4.57 Å². The van der Waals surface area contributed by atoms with Gasteiger partial charge in [-0.3, -0.25) is 9.52 Å². The van der Waals surface area contributed by atoms with Gasteiger partial charge in [0.2, 0.25) is 0 Å². The zero-order chi connectivity index (χ0) is 21.1. The molecule has 0 saturated carbocycles. The van der Waals surface area contributed by atoms with Gasteiger partial charge >= 0.3 is 0 Å². The van der Waals surface area contributed by atoms with Crippen molar-refractivity contribution < 1.29 is 4.39 Å². The molecule has 156 valence electrons. The number of fused-ring (bicyclic) bond motifs is 1. The average molecular weight is 423 g/mol. The van der Waals surface area contributed by atoms with E-state index in [-0.39, 0.29) is 23.5 Å². The second-order valence-electron chi connectivity index (χ2n) is 7.76. The van der Waals surface area contributed by atoms with Crippen LogP contribution >= 0.6 is 11.9 Å². The van der Waals surface area contributed by atoms with Gasteiger partial charge in [-0.15, -0.1) is 0 Å². The van der Waals surface area contributed by atoms with Crippen molar-refractivity contribution in [1.82, 2.24) is 9.29 Å². The number of nitrogens with zero attached hydrogens (tertiary/aromatic N) is 1. The molecule has 1 aliphatic heterocycles. The minimum Gasteiger partial charge on any atom is -0.307 e. The molecule has 3 nitrogen and oxygen atoms in total. The Labute approximate surface area is 181 Å². The van der Waals surface area contributed by atoms with E-state index in [1.54, 1.807) is 11.9 Å². The van der Waals surface area contributed by atoms with Crippen molar-refractivity contribution in [3.8, 4) is 11.1 Å². The van der Waals surface area contributed by atoms with E-state index in [0.717, 1.165) is 29.7 Å². The monoisotopic (exact) mass is 422 g/mol. The molecule has 2 heterocycles. The highest BCUT2D eigenvalue weighted by Crippen LogP contribution is 2.31. The molecule has 30 heavy (non-hydrogen) atoms. The summed E-state index contributed by atoms with van der Waals surface area (Å²) in [4.78, 5) is 13.2. The Hall–Kier alpha value is -2.37. The zero-order valence-electron chi connectivity index (χ0n) is 17.4. The van der Waals surface area contributed by atoms with Gasteiger partial charge in [-0.1, -0.05) is 73.5 Å². The Balaban J connectivity index is 1.77. The summed E-state index contributed by atoms with van der Waals surface area (Å²) in [5.74, 6) is -0.196. The maximum Gasteiger partial charge on any atom is 0.254 e. The maximum atomic E-state index is 15.5. The van der Waals surface area contributed by atoms with Crippen LogP contribution in [0.25, 0.3) is 11.1 Å². The molecular formula is C25H27FN2OS. The summed E-state index contributed by atoms with van der Waals surface area (Å²) in [5, 5.41) is 0. The largest absolute Gasteiger partial charge is 0.307 e. The first kappa shape index (κ1) is 20.9. The Morgan fingerprint density at radius 2 is 1.87 bits per heavy atom. The van der Waals surface area contributed by atoms with Crippen LogP contribution in [0.3, 0.4) is 0 Å². The van der Waals surface area contributed by atoms with E-state index in [9.17, 15) is 4.79 Å². The van der Waals surface area contributed by atoms with Crippen molar-refractivity contribution in [2.45, 2.75) is 44.7 Å². The van der Waals surface area contributed by atoms with Crippen molar-refractivity contribution in [3.63, 3.8) is 0 Å². The van der Waals surface area contributed by atoms with E-state index in [1.807, 2.05) is 72.3 Å². The molecule has 0 aliphatic carbocycles. The molecule has 0 saturated heterocycles. The molecular weight excluding hydrogens is 395 g/mol. The summed E-state index contributed by atoms with van der Waals surface area (Å²) in [6.45, 7) is 2.00. The summed E-state index contributed by atoms with van der Waals surface area (Å²) in [5.41, 5.74) is 4.04. The third-order valence-electron chi connectivity index (χ3n) is 6.03. The predicted octanol–water partition coefficient (Wildman–Crippen LogP) is 5.18. The number of pyridine rings is 1. The van der Waals surface area contributed by atoms with E-state index in [2.05, 4.69) is 10.8 Å². The lowest BCUT2D eigenvalue weighted by atomic mass is 9.89. The first-order valence-electron chi connectivity index (χ1n) is 10.5. The standard InChI is InChI=1S/C25H27FN2OS/c1-3-17-12-13-20-14-15-22(27-30-2)23(28(20)25(17)29)16-19-10-7-11-21(24(19)26)18-8-5-4-6-9-18/h4-13,22-23,27H,3,14-16H2,1-2H3. The van der Waals surface area contributed by atoms with Crippen LogP contribution in [0.2, 0.25) is 0 Å². The fraction of sp³-hybridized carbons (Fsp3) is 0.320. The van der Waals surface area contributed by atoms with Crippen molar-refractivity contribution >= 4 is 11.9 Å². The molecule has 0 amide bonds. The van der Waals surface area contributed by atoms with E-state index in [1.165, 1.54) is 0 Å². The Bertz CT molecular complexity index is 1080. The zero-order valence-corrected chi connectivity index (χ0v) is 18.2. The number of halogens is 1. The number of nitrogens with one attached hydrogen (secondary N) is 1.